The van der Waals surface area contributed by atoms with Crippen LogP contribution in [0, 0.1) is 0 Å². The van der Waals surface area contributed by atoms with Crippen molar-refractivity contribution in [2.75, 3.05) is 6.61 Å². The van der Waals surface area contributed by atoms with E-state index in [0.29, 0.717) is 0 Å². The molecule has 64 valence electrons. The second-order valence-corrected chi connectivity index (χ2v) is 3.01. The molecule has 0 bridgehead atoms. The lowest BCUT2D eigenvalue weighted by molar-refractivity contribution is -0.0536. The molecule has 1 aromatic rings. The monoisotopic (exact) mass is 164 g/mol. The van der Waals surface area contributed by atoms with Crippen LogP contribution in [-0.2, 0) is 11.3 Å². The first-order valence-electron chi connectivity index (χ1n) is 4.22. The number of benzene rings is 1. The molecule has 0 radical (unpaired) electrons. The fourth-order valence-electron chi connectivity index (χ4n) is 1.47. The molecular weight excluding hydrogens is 152 g/mol. The van der Waals surface area contributed by atoms with Crippen LogP contribution in [0.1, 0.15) is 23.7 Å². The highest BCUT2D eigenvalue weighted by molar-refractivity contribution is 5.29. The minimum Gasteiger partial charge on any atom is -0.392 e. The zero-order chi connectivity index (χ0) is 8.39. The summed E-state index contributed by atoms with van der Waals surface area (Å²) in [5.41, 5.74) is 2.13. The van der Waals surface area contributed by atoms with Gasteiger partial charge in [-0.25, -0.2) is 0 Å². The topological polar surface area (TPSA) is 29.5 Å². The molecule has 1 unspecified atom stereocenters. The minimum absolute atomic E-state index is 0.107. The number of hydrogen-bond donors (Lipinski definition) is 1. The summed E-state index contributed by atoms with van der Waals surface area (Å²) in [6, 6.07) is 7.89. The maximum Gasteiger partial charge on any atom is 0.0850 e. The highest BCUT2D eigenvalue weighted by Crippen LogP contribution is 2.31. The third-order valence-corrected chi connectivity index (χ3v) is 2.27. The summed E-state index contributed by atoms with van der Waals surface area (Å²) in [4.78, 5) is 0. The van der Waals surface area contributed by atoms with Crippen molar-refractivity contribution in [1.29, 1.82) is 0 Å². The van der Waals surface area contributed by atoms with Gasteiger partial charge in [-0.15, -0.1) is 0 Å². The Morgan fingerprint density at radius 2 is 2.17 bits per heavy atom. The second-order valence-electron chi connectivity index (χ2n) is 3.01. The van der Waals surface area contributed by atoms with Gasteiger partial charge in [-0.05, 0) is 11.1 Å². The van der Waals surface area contributed by atoms with Crippen molar-refractivity contribution in [3.8, 4) is 0 Å². The van der Waals surface area contributed by atoms with E-state index in [1.165, 1.54) is 0 Å². The zero-order valence-electron chi connectivity index (χ0n) is 6.86. The Labute approximate surface area is 71.8 Å². The van der Waals surface area contributed by atoms with Crippen molar-refractivity contribution < 1.29 is 9.84 Å². The van der Waals surface area contributed by atoms with Crippen LogP contribution in [0.4, 0.5) is 0 Å². The van der Waals surface area contributed by atoms with Crippen LogP contribution in [0.15, 0.2) is 24.3 Å². The Balaban J connectivity index is 2.27. The lowest BCUT2D eigenvalue weighted by Crippen LogP contribution is -2.19. The number of rotatable bonds is 2. The fraction of sp³-hybridized carbons (Fsp3) is 0.400. The van der Waals surface area contributed by atoms with Gasteiger partial charge in [0.1, 0.15) is 0 Å². The minimum atomic E-state index is 0.107. The highest BCUT2D eigenvalue weighted by Gasteiger charge is 2.21. The quantitative estimate of drug-likeness (QED) is 0.720. The van der Waals surface area contributed by atoms with Gasteiger partial charge < -0.3 is 9.84 Å². The Morgan fingerprint density at radius 1 is 1.42 bits per heavy atom. The average Bonchev–Trinajstić information content (AvgIpc) is 2.02. The van der Waals surface area contributed by atoms with E-state index in [2.05, 4.69) is 0 Å². The van der Waals surface area contributed by atoms with E-state index in [1.54, 1.807) is 0 Å². The lowest BCUT2D eigenvalue weighted by Gasteiger charge is -2.28. The van der Waals surface area contributed by atoms with Crippen molar-refractivity contribution in [1.82, 2.24) is 0 Å². The lowest BCUT2D eigenvalue weighted by atomic mass is 9.98. The smallest absolute Gasteiger partial charge is 0.0850 e. The van der Waals surface area contributed by atoms with E-state index in [9.17, 15) is 0 Å². The molecule has 0 aliphatic carbocycles. The van der Waals surface area contributed by atoms with Crippen molar-refractivity contribution >= 4 is 0 Å². The van der Waals surface area contributed by atoms with Gasteiger partial charge in [0.05, 0.1) is 19.3 Å². The summed E-state index contributed by atoms with van der Waals surface area (Å²) in [5.74, 6) is 0. The van der Waals surface area contributed by atoms with Gasteiger partial charge in [-0.1, -0.05) is 24.3 Å². The first-order chi connectivity index (χ1) is 5.92. The van der Waals surface area contributed by atoms with E-state index >= 15 is 0 Å². The molecule has 0 aromatic heterocycles. The Morgan fingerprint density at radius 3 is 2.75 bits per heavy atom. The molecule has 0 saturated carbocycles. The average molecular weight is 164 g/mol. The largest absolute Gasteiger partial charge is 0.392 e. The summed E-state index contributed by atoms with van der Waals surface area (Å²) in [5, 5.41) is 9.03. The van der Waals surface area contributed by atoms with E-state index in [0.717, 1.165) is 24.2 Å². The molecule has 0 spiro atoms. The third-order valence-electron chi connectivity index (χ3n) is 2.27. The van der Waals surface area contributed by atoms with E-state index in [4.69, 9.17) is 9.84 Å². The summed E-state index contributed by atoms with van der Waals surface area (Å²) in [6.45, 7) is 0.959. The first-order valence-corrected chi connectivity index (χ1v) is 4.22. The maximum absolute atomic E-state index is 9.03. The summed E-state index contributed by atoms with van der Waals surface area (Å²) in [7, 11) is 0. The number of aliphatic hydroxyl groups is 1. The van der Waals surface area contributed by atoms with Crippen molar-refractivity contribution in [2.24, 2.45) is 0 Å². The predicted octanol–water partition coefficient (Wildman–Crippen LogP) is 1.64. The summed E-state index contributed by atoms with van der Waals surface area (Å²) >= 11 is 0. The molecule has 1 fully saturated rings. The van der Waals surface area contributed by atoms with Gasteiger partial charge in [0.25, 0.3) is 0 Å². The third kappa shape index (κ3) is 1.24. The number of ether oxygens (including phenoxy) is 1. The SMILES string of the molecule is OCc1ccccc1C1CCO1. The second kappa shape index (κ2) is 3.25. The number of hydrogen-bond acceptors (Lipinski definition) is 2. The highest BCUT2D eigenvalue weighted by atomic mass is 16.5. The molecular formula is C10H12O2. The first kappa shape index (κ1) is 7.77. The molecule has 1 aliphatic heterocycles. The summed E-state index contributed by atoms with van der Waals surface area (Å²) in [6.07, 6.45) is 1.31. The fourth-order valence-corrected chi connectivity index (χ4v) is 1.47. The molecule has 1 N–H and O–H groups in total. The van der Waals surface area contributed by atoms with Crippen LogP contribution >= 0.6 is 0 Å². The van der Waals surface area contributed by atoms with Crippen molar-refractivity contribution in [3.05, 3.63) is 35.4 Å². The zero-order valence-corrected chi connectivity index (χ0v) is 6.86. The van der Waals surface area contributed by atoms with Crippen LogP contribution in [0.25, 0.3) is 0 Å². The number of aliphatic hydroxyl groups excluding tert-OH is 1. The molecule has 2 nitrogen and oxygen atoms in total. The van der Waals surface area contributed by atoms with Gasteiger partial charge in [-0.3, -0.25) is 0 Å². The van der Waals surface area contributed by atoms with E-state index < -0.39 is 0 Å². The van der Waals surface area contributed by atoms with Crippen molar-refractivity contribution in [2.45, 2.75) is 19.1 Å². The molecule has 1 heterocycles. The van der Waals surface area contributed by atoms with E-state index in [-0.39, 0.29) is 12.7 Å². The predicted molar refractivity (Wildman–Crippen MR) is 45.7 cm³/mol. The molecule has 2 heteroatoms. The van der Waals surface area contributed by atoms with Crippen LogP contribution in [0.3, 0.4) is 0 Å². The molecule has 12 heavy (non-hydrogen) atoms. The summed E-state index contributed by atoms with van der Waals surface area (Å²) < 4.78 is 5.35. The van der Waals surface area contributed by atoms with Crippen LogP contribution < -0.4 is 0 Å². The Hall–Kier alpha value is -0.860. The molecule has 0 amide bonds. The van der Waals surface area contributed by atoms with Crippen LogP contribution in [0.2, 0.25) is 0 Å². The van der Waals surface area contributed by atoms with Gasteiger partial charge in [0.2, 0.25) is 0 Å². The maximum atomic E-state index is 9.03. The molecule has 1 saturated heterocycles. The van der Waals surface area contributed by atoms with Gasteiger partial charge in [0.15, 0.2) is 0 Å². The standard InChI is InChI=1S/C10H12O2/c11-7-8-3-1-2-4-9(8)10-5-6-12-10/h1-4,10-11H,5-7H2. The van der Waals surface area contributed by atoms with E-state index in [1.807, 2.05) is 24.3 Å². The molecule has 1 atom stereocenters. The van der Waals surface area contributed by atoms with Gasteiger partial charge >= 0.3 is 0 Å². The van der Waals surface area contributed by atoms with Gasteiger partial charge in [-0.2, -0.15) is 0 Å². The Bertz CT molecular complexity index is 266. The normalized spacial score (nSPS) is 21.9. The molecule has 1 aliphatic rings. The van der Waals surface area contributed by atoms with Crippen molar-refractivity contribution in [3.63, 3.8) is 0 Å². The molecule has 2 rings (SSSR count). The van der Waals surface area contributed by atoms with Gasteiger partial charge in [0, 0.05) is 6.42 Å². The Kier molecular flexibility index (Phi) is 2.11. The van der Waals surface area contributed by atoms with Crippen LogP contribution in [-0.4, -0.2) is 11.7 Å². The molecule has 1 aromatic carbocycles. The van der Waals surface area contributed by atoms with Crippen LogP contribution in [0.5, 0.6) is 0 Å².